The van der Waals surface area contributed by atoms with Gasteiger partial charge in [-0.1, -0.05) is 34.1 Å². The maximum Gasteiger partial charge on any atom is 0.247 e. The summed E-state index contributed by atoms with van der Waals surface area (Å²) in [6.07, 6.45) is 0.0397. The predicted molar refractivity (Wildman–Crippen MR) is 101 cm³/mol. The van der Waals surface area contributed by atoms with E-state index in [1.807, 2.05) is 55.5 Å². The lowest BCUT2D eigenvalue weighted by Gasteiger charge is -2.06. The van der Waals surface area contributed by atoms with Crippen LogP contribution in [0, 0.1) is 0 Å². The van der Waals surface area contributed by atoms with Gasteiger partial charge in [-0.05, 0) is 42.8 Å². The Labute approximate surface area is 159 Å². The Hall–Kier alpha value is -2.67. The van der Waals surface area contributed by atoms with Crippen LogP contribution in [0.3, 0.4) is 0 Å². The van der Waals surface area contributed by atoms with Crippen LogP contribution in [0.2, 0.25) is 0 Å². The van der Waals surface area contributed by atoms with Crippen molar-refractivity contribution in [2.75, 3.05) is 6.61 Å². The Bertz CT molecular complexity index is 878. The zero-order chi connectivity index (χ0) is 18.4. The van der Waals surface area contributed by atoms with Gasteiger partial charge < -0.3 is 14.5 Å². The Balaban J connectivity index is 1.53. The van der Waals surface area contributed by atoms with Crippen LogP contribution in [0.5, 0.6) is 5.75 Å². The Morgan fingerprint density at radius 3 is 2.73 bits per heavy atom. The number of nitrogens with one attached hydrogen (secondary N) is 1. The summed E-state index contributed by atoms with van der Waals surface area (Å²) in [4.78, 5) is 12.1. The fourth-order valence-electron chi connectivity index (χ4n) is 2.33. The SMILES string of the molecule is CCOc1ccc(CNC(=O)Cc2nnc(-c3cccc(Br)c3)o2)cc1. The monoisotopic (exact) mass is 415 g/mol. The fourth-order valence-corrected chi connectivity index (χ4v) is 2.73. The van der Waals surface area contributed by atoms with Crippen LogP contribution in [0.1, 0.15) is 18.4 Å². The third-order valence-electron chi connectivity index (χ3n) is 3.57. The van der Waals surface area contributed by atoms with Crippen molar-refractivity contribution >= 4 is 21.8 Å². The largest absolute Gasteiger partial charge is 0.494 e. The molecule has 0 unspecified atom stereocenters. The van der Waals surface area contributed by atoms with Crippen molar-refractivity contribution in [3.8, 4) is 17.2 Å². The van der Waals surface area contributed by atoms with Crippen LogP contribution in [0.4, 0.5) is 0 Å². The van der Waals surface area contributed by atoms with Crippen molar-refractivity contribution in [2.24, 2.45) is 0 Å². The van der Waals surface area contributed by atoms with Crippen molar-refractivity contribution in [2.45, 2.75) is 19.9 Å². The second-order valence-electron chi connectivity index (χ2n) is 5.54. The molecule has 1 amide bonds. The Morgan fingerprint density at radius 2 is 2.00 bits per heavy atom. The van der Waals surface area contributed by atoms with E-state index in [9.17, 15) is 4.79 Å². The minimum Gasteiger partial charge on any atom is -0.494 e. The first-order valence-electron chi connectivity index (χ1n) is 8.21. The molecule has 2 aromatic carbocycles. The Kier molecular flexibility index (Phi) is 6.01. The highest BCUT2D eigenvalue weighted by Gasteiger charge is 2.12. The fraction of sp³-hybridized carbons (Fsp3) is 0.211. The van der Waals surface area contributed by atoms with Crippen molar-refractivity contribution in [3.63, 3.8) is 0 Å². The molecule has 0 atom stereocenters. The molecule has 0 aliphatic rings. The molecule has 0 spiro atoms. The maximum absolute atomic E-state index is 12.1. The van der Waals surface area contributed by atoms with Gasteiger partial charge in [0.25, 0.3) is 0 Å². The minimum absolute atomic E-state index is 0.0397. The molecule has 1 heterocycles. The average molecular weight is 416 g/mol. The number of carbonyl (C=O) groups is 1. The Morgan fingerprint density at radius 1 is 1.19 bits per heavy atom. The summed E-state index contributed by atoms with van der Waals surface area (Å²) >= 11 is 3.40. The summed E-state index contributed by atoms with van der Waals surface area (Å²) in [6.45, 7) is 2.99. The number of halogens is 1. The highest BCUT2D eigenvalue weighted by molar-refractivity contribution is 9.10. The van der Waals surface area contributed by atoms with Crippen molar-refractivity contribution in [3.05, 3.63) is 64.5 Å². The molecule has 3 aromatic rings. The number of nitrogens with zero attached hydrogens (tertiary/aromatic N) is 2. The molecule has 0 saturated heterocycles. The second-order valence-corrected chi connectivity index (χ2v) is 6.46. The van der Waals surface area contributed by atoms with Gasteiger partial charge in [0.05, 0.1) is 6.61 Å². The van der Waals surface area contributed by atoms with Gasteiger partial charge in [-0.15, -0.1) is 10.2 Å². The molecular formula is C19H18BrN3O3. The molecule has 7 heteroatoms. The third-order valence-corrected chi connectivity index (χ3v) is 4.07. The van der Waals surface area contributed by atoms with Gasteiger partial charge in [0, 0.05) is 16.6 Å². The van der Waals surface area contributed by atoms with E-state index in [1.165, 1.54) is 0 Å². The first kappa shape index (κ1) is 18.1. The number of aromatic nitrogens is 2. The predicted octanol–water partition coefficient (Wildman–Crippen LogP) is 3.76. The smallest absolute Gasteiger partial charge is 0.247 e. The first-order valence-corrected chi connectivity index (χ1v) is 9.00. The number of amides is 1. The van der Waals surface area contributed by atoms with Gasteiger partial charge in [0.15, 0.2) is 0 Å². The third kappa shape index (κ3) is 4.92. The topological polar surface area (TPSA) is 77.2 Å². The summed E-state index contributed by atoms with van der Waals surface area (Å²) in [6, 6.07) is 15.1. The lowest BCUT2D eigenvalue weighted by Crippen LogP contribution is -2.24. The van der Waals surface area contributed by atoms with Gasteiger partial charge >= 0.3 is 0 Å². The lowest BCUT2D eigenvalue weighted by molar-refractivity contribution is -0.120. The molecule has 1 aromatic heterocycles. The summed E-state index contributed by atoms with van der Waals surface area (Å²) < 4.78 is 11.9. The molecule has 0 fully saturated rings. The second kappa shape index (κ2) is 8.62. The van der Waals surface area contributed by atoms with E-state index >= 15 is 0 Å². The normalized spacial score (nSPS) is 10.5. The van der Waals surface area contributed by atoms with E-state index in [2.05, 4.69) is 31.4 Å². The number of rotatable bonds is 7. The number of hydrogen-bond donors (Lipinski definition) is 1. The van der Waals surface area contributed by atoms with Crippen molar-refractivity contribution in [1.29, 1.82) is 0 Å². The van der Waals surface area contributed by atoms with Crippen LogP contribution < -0.4 is 10.1 Å². The minimum atomic E-state index is -0.177. The van der Waals surface area contributed by atoms with Gasteiger partial charge in [-0.2, -0.15) is 0 Å². The van der Waals surface area contributed by atoms with E-state index in [1.54, 1.807) is 0 Å². The summed E-state index contributed by atoms with van der Waals surface area (Å²) in [7, 11) is 0. The zero-order valence-corrected chi connectivity index (χ0v) is 15.8. The van der Waals surface area contributed by atoms with E-state index in [0.717, 1.165) is 21.3 Å². The molecular weight excluding hydrogens is 398 g/mol. The average Bonchev–Trinajstić information content (AvgIpc) is 3.10. The molecule has 0 aliphatic carbocycles. The maximum atomic E-state index is 12.1. The molecule has 3 rings (SSSR count). The van der Waals surface area contributed by atoms with E-state index in [-0.39, 0.29) is 18.2 Å². The first-order chi connectivity index (χ1) is 12.6. The molecule has 0 bridgehead atoms. The molecule has 134 valence electrons. The summed E-state index contributed by atoms with van der Waals surface area (Å²) in [5.74, 6) is 1.31. The summed E-state index contributed by atoms with van der Waals surface area (Å²) in [5, 5.41) is 10.8. The number of ether oxygens (including phenoxy) is 1. The van der Waals surface area contributed by atoms with Crippen LogP contribution in [0.15, 0.2) is 57.4 Å². The van der Waals surface area contributed by atoms with Crippen molar-refractivity contribution < 1.29 is 13.9 Å². The van der Waals surface area contributed by atoms with Gasteiger partial charge in [-0.3, -0.25) is 4.79 Å². The quantitative estimate of drug-likeness (QED) is 0.635. The number of benzene rings is 2. The molecule has 1 N–H and O–H groups in total. The number of carbonyl (C=O) groups excluding carboxylic acids is 1. The van der Waals surface area contributed by atoms with E-state index in [0.29, 0.717) is 19.0 Å². The van der Waals surface area contributed by atoms with E-state index in [4.69, 9.17) is 9.15 Å². The highest BCUT2D eigenvalue weighted by atomic mass is 79.9. The van der Waals surface area contributed by atoms with Crippen LogP contribution in [-0.2, 0) is 17.8 Å². The summed E-state index contributed by atoms with van der Waals surface area (Å²) in [5.41, 5.74) is 1.79. The van der Waals surface area contributed by atoms with Gasteiger partial charge in [0.2, 0.25) is 17.7 Å². The van der Waals surface area contributed by atoms with Gasteiger partial charge in [0.1, 0.15) is 12.2 Å². The van der Waals surface area contributed by atoms with Crippen molar-refractivity contribution in [1.82, 2.24) is 15.5 Å². The molecule has 0 radical (unpaired) electrons. The van der Waals surface area contributed by atoms with E-state index < -0.39 is 0 Å². The molecule has 0 saturated carbocycles. The highest BCUT2D eigenvalue weighted by Crippen LogP contribution is 2.21. The standard InChI is InChI=1S/C19H18BrN3O3/c1-2-25-16-8-6-13(7-9-16)12-21-17(24)11-18-22-23-19(26-18)14-4-3-5-15(20)10-14/h3-10H,2,11-12H2,1H3,(H,21,24). The number of hydrogen-bond acceptors (Lipinski definition) is 5. The molecule has 6 nitrogen and oxygen atoms in total. The van der Waals surface area contributed by atoms with Crippen LogP contribution in [-0.4, -0.2) is 22.7 Å². The van der Waals surface area contributed by atoms with Crippen LogP contribution >= 0.6 is 15.9 Å². The van der Waals surface area contributed by atoms with Gasteiger partial charge in [-0.25, -0.2) is 0 Å². The molecule has 26 heavy (non-hydrogen) atoms. The van der Waals surface area contributed by atoms with Crippen LogP contribution in [0.25, 0.3) is 11.5 Å². The lowest BCUT2D eigenvalue weighted by atomic mass is 10.2. The zero-order valence-electron chi connectivity index (χ0n) is 14.2. The molecule has 0 aliphatic heterocycles.